The molecule has 0 aromatic heterocycles. The number of anilines is 1. The van der Waals surface area contributed by atoms with Gasteiger partial charge in [0.1, 0.15) is 0 Å². The van der Waals surface area contributed by atoms with Gasteiger partial charge in [-0.1, -0.05) is 45.4 Å². The van der Waals surface area contributed by atoms with Crippen molar-refractivity contribution in [3.05, 3.63) is 30.3 Å². The van der Waals surface area contributed by atoms with Crippen LogP contribution in [0.3, 0.4) is 0 Å². The van der Waals surface area contributed by atoms with Gasteiger partial charge < -0.3 is 9.84 Å². The van der Waals surface area contributed by atoms with Crippen molar-refractivity contribution in [3.8, 4) is 0 Å². The monoisotopic (exact) mass is 373 g/mol. The molecule has 0 aliphatic heterocycles. The number of carbonyl (C=O) groups is 1. The van der Waals surface area contributed by atoms with Crippen LogP contribution in [0.1, 0.15) is 66.2 Å². The second-order valence-electron chi connectivity index (χ2n) is 9.76. The molecule has 1 aromatic rings. The fourth-order valence-electron chi connectivity index (χ4n) is 6.21. The van der Waals surface area contributed by atoms with E-state index in [9.17, 15) is 9.90 Å². The molecule has 4 nitrogen and oxygen atoms in total. The summed E-state index contributed by atoms with van der Waals surface area (Å²) in [4.78, 5) is 12.1. The van der Waals surface area contributed by atoms with Gasteiger partial charge in [-0.15, -0.1) is 0 Å². The number of fused-ring (bicyclic) bond motifs is 1. The highest BCUT2D eigenvalue weighted by Gasteiger charge is 2.57. The smallest absolute Gasteiger partial charge is 0.411 e. The number of nitrogens with one attached hydrogen (secondary N) is 1. The first-order valence-electron chi connectivity index (χ1n) is 10.4. The van der Waals surface area contributed by atoms with E-state index in [-0.39, 0.29) is 11.3 Å². The molecule has 1 aromatic carbocycles. The van der Waals surface area contributed by atoms with E-state index in [1.54, 1.807) is 0 Å². The van der Waals surface area contributed by atoms with E-state index < -0.39 is 11.7 Å². The van der Waals surface area contributed by atoms with Gasteiger partial charge in [0.15, 0.2) is 0 Å². The van der Waals surface area contributed by atoms with Gasteiger partial charge in [0, 0.05) is 5.69 Å². The van der Waals surface area contributed by atoms with Crippen LogP contribution in [-0.2, 0) is 4.74 Å². The lowest BCUT2D eigenvalue weighted by atomic mass is 9.45. The summed E-state index contributed by atoms with van der Waals surface area (Å²) in [5, 5.41) is 13.9. The number of rotatable bonds is 4. The van der Waals surface area contributed by atoms with E-state index in [1.807, 2.05) is 37.3 Å². The Labute approximate surface area is 163 Å². The molecule has 0 spiro atoms. The molecule has 4 heteroatoms. The fourth-order valence-corrected chi connectivity index (χ4v) is 6.21. The van der Waals surface area contributed by atoms with Gasteiger partial charge in [0.2, 0.25) is 0 Å². The maximum Gasteiger partial charge on any atom is 0.411 e. The molecule has 2 N–H and O–H groups in total. The van der Waals surface area contributed by atoms with E-state index in [2.05, 4.69) is 26.1 Å². The minimum absolute atomic E-state index is 0.1000. The summed E-state index contributed by atoms with van der Waals surface area (Å²) in [6.07, 6.45) is 5.82. The lowest BCUT2D eigenvalue weighted by molar-refractivity contribution is -0.171. The maximum atomic E-state index is 12.1. The number of amides is 1. The minimum Gasteiger partial charge on any atom is -0.449 e. The third kappa shape index (κ3) is 4.16. The van der Waals surface area contributed by atoms with Crippen LogP contribution in [-0.4, -0.2) is 23.4 Å². The van der Waals surface area contributed by atoms with Crippen LogP contribution in [0.25, 0.3) is 0 Å². The first kappa shape index (κ1) is 20.2. The Bertz CT molecular complexity index is 655. The van der Waals surface area contributed by atoms with Gasteiger partial charge in [0.25, 0.3) is 0 Å². The largest absolute Gasteiger partial charge is 0.449 e. The first-order valence-corrected chi connectivity index (χ1v) is 10.4. The molecule has 2 saturated carbocycles. The van der Waals surface area contributed by atoms with Crippen molar-refractivity contribution in [1.29, 1.82) is 0 Å². The molecule has 0 saturated heterocycles. The number of hydrogen-bond donors (Lipinski definition) is 2. The number of benzene rings is 1. The van der Waals surface area contributed by atoms with Crippen molar-refractivity contribution in [2.24, 2.45) is 22.7 Å². The number of hydrogen-bond acceptors (Lipinski definition) is 3. The van der Waals surface area contributed by atoms with Crippen LogP contribution in [0.5, 0.6) is 0 Å². The van der Waals surface area contributed by atoms with Gasteiger partial charge >= 0.3 is 6.09 Å². The zero-order chi connectivity index (χ0) is 19.7. The zero-order valence-electron chi connectivity index (χ0n) is 17.3. The molecule has 0 radical (unpaired) electrons. The standard InChI is InChI=1S/C23H35NO3/c1-21(2)13-8-14-22(3)18(21)11-15-23(4,26)19(22)12-16-27-20(25)24-17-9-6-5-7-10-17/h5-7,9-10,18-19,26H,8,11-16H2,1-4H3,(H,24,25)/t18-,19+,22-,23+/m1/s1. The lowest BCUT2D eigenvalue weighted by Gasteiger charge is -2.61. The zero-order valence-corrected chi connectivity index (χ0v) is 17.3. The average Bonchev–Trinajstić information content (AvgIpc) is 2.57. The SMILES string of the molecule is CC1(C)CCC[C@]2(C)[C@@H]1CC[C@](C)(O)[C@H]2CCOC(=O)Nc1ccccc1. The molecule has 3 rings (SSSR count). The summed E-state index contributed by atoms with van der Waals surface area (Å²) in [6, 6.07) is 9.33. The van der Waals surface area contributed by atoms with E-state index in [0.29, 0.717) is 24.4 Å². The van der Waals surface area contributed by atoms with Gasteiger partial charge in [-0.25, -0.2) is 4.79 Å². The van der Waals surface area contributed by atoms with Crippen LogP contribution >= 0.6 is 0 Å². The Morgan fingerprint density at radius 1 is 1.15 bits per heavy atom. The molecule has 150 valence electrons. The molecule has 27 heavy (non-hydrogen) atoms. The predicted molar refractivity (Wildman–Crippen MR) is 109 cm³/mol. The number of para-hydroxylation sites is 1. The second-order valence-corrected chi connectivity index (χ2v) is 9.76. The van der Waals surface area contributed by atoms with Crippen LogP contribution in [0.15, 0.2) is 30.3 Å². The van der Waals surface area contributed by atoms with Gasteiger partial charge in [-0.05, 0) is 73.8 Å². The topological polar surface area (TPSA) is 58.6 Å². The van der Waals surface area contributed by atoms with Crippen molar-refractivity contribution in [1.82, 2.24) is 0 Å². The van der Waals surface area contributed by atoms with Crippen LogP contribution in [0.2, 0.25) is 0 Å². The van der Waals surface area contributed by atoms with Crippen molar-refractivity contribution in [2.45, 2.75) is 71.8 Å². The third-order valence-corrected chi connectivity index (χ3v) is 7.42. The molecule has 4 atom stereocenters. The summed E-state index contributed by atoms with van der Waals surface area (Å²) in [6.45, 7) is 9.44. The van der Waals surface area contributed by atoms with Gasteiger partial charge in [-0.3, -0.25) is 5.32 Å². The van der Waals surface area contributed by atoms with E-state index in [0.717, 1.165) is 24.9 Å². The summed E-state index contributed by atoms with van der Waals surface area (Å²) < 4.78 is 5.46. The average molecular weight is 374 g/mol. The molecule has 1 amide bonds. The molecular formula is C23H35NO3. The quantitative estimate of drug-likeness (QED) is 0.720. The highest BCUT2D eigenvalue weighted by molar-refractivity contribution is 5.84. The highest BCUT2D eigenvalue weighted by atomic mass is 16.5. The Morgan fingerprint density at radius 2 is 1.85 bits per heavy atom. The van der Waals surface area contributed by atoms with E-state index >= 15 is 0 Å². The normalized spacial score (nSPS) is 35.1. The Morgan fingerprint density at radius 3 is 2.56 bits per heavy atom. The molecule has 2 aliphatic rings. The predicted octanol–water partition coefficient (Wildman–Crippen LogP) is 5.62. The molecule has 0 unspecified atom stereocenters. The Balaban J connectivity index is 1.64. The van der Waals surface area contributed by atoms with Crippen molar-refractivity contribution < 1.29 is 14.6 Å². The van der Waals surface area contributed by atoms with Gasteiger partial charge in [0.05, 0.1) is 12.2 Å². The van der Waals surface area contributed by atoms with Crippen LogP contribution in [0.4, 0.5) is 10.5 Å². The molecule has 2 fully saturated rings. The third-order valence-electron chi connectivity index (χ3n) is 7.42. The van der Waals surface area contributed by atoms with E-state index in [4.69, 9.17) is 4.74 Å². The minimum atomic E-state index is -0.696. The van der Waals surface area contributed by atoms with Gasteiger partial charge in [-0.2, -0.15) is 0 Å². The number of ether oxygens (including phenoxy) is 1. The second kappa shape index (κ2) is 7.46. The number of carbonyl (C=O) groups excluding carboxylic acids is 1. The fraction of sp³-hybridized carbons (Fsp3) is 0.696. The van der Waals surface area contributed by atoms with Crippen molar-refractivity contribution in [2.75, 3.05) is 11.9 Å². The van der Waals surface area contributed by atoms with Crippen molar-refractivity contribution >= 4 is 11.8 Å². The maximum absolute atomic E-state index is 12.1. The van der Waals surface area contributed by atoms with Crippen molar-refractivity contribution in [3.63, 3.8) is 0 Å². The highest BCUT2D eigenvalue weighted by Crippen LogP contribution is 2.62. The molecular weight excluding hydrogens is 338 g/mol. The summed E-state index contributed by atoms with van der Waals surface area (Å²) in [7, 11) is 0. The summed E-state index contributed by atoms with van der Waals surface area (Å²) >= 11 is 0. The Hall–Kier alpha value is -1.55. The summed E-state index contributed by atoms with van der Waals surface area (Å²) in [5.41, 5.74) is 0.446. The van der Waals surface area contributed by atoms with E-state index in [1.165, 1.54) is 12.8 Å². The van der Waals surface area contributed by atoms with Crippen LogP contribution in [0, 0.1) is 22.7 Å². The molecule has 0 bridgehead atoms. The van der Waals surface area contributed by atoms with Crippen LogP contribution < -0.4 is 5.32 Å². The number of aliphatic hydroxyl groups is 1. The first-order chi connectivity index (χ1) is 12.7. The lowest BCUT2D eigenvalue weighted by Crippen LogP contribution is -2.57. The summed E-state index contributed by atoms with van der Waals surface area (Å²) in [5.74, 6) is 0.759. The molecule has 2 aliphatic carbocycles. The molecule has 0 heterocycles. The Kier molecular flexibility index (Phi) is 5.58.